The van der Waals surface area contributed by atoms with Gasteiger partial charge in [-0.15, -0.1) is 0 Å². The van der Waals surface area contributed by atoms with Crippen LogP contribution in [0, 0.1) is 5.92 Å². The van der Waals surface area contributed by atoms with E-state index in [0.717, 1.165) is 12.6 Å². The second kappa shape index (κ2) is 3.20. The van der Waals surface area contributed by atoms with Crippen LogP contribution in [0.4, 0.5) is 0 Å². The highest BCUT2D eigenvalue weighted by Gasteiger charge is 2.41. The second-order valence-corrected chi connectivity index (χ2v) is 4.53. The molecule has 0 aromatic carbocycles. The van der Waals surface area contributed by atoms with Crippen molar-refractivity contribution in [2.24, 2.45) is 5.92 Å². The van der Waals surface area contributed by atoms with E-state index in [9.17, 15) is 0 Å². The van der Waals surface area contributed by atoms with Crippen LogP contribution in [-0.2, 0) is 0 Å². The number of hydrogen-bond acceptors (Lipinski definition) is 0. The van der Waals surface area contributed by atoms with Gasteiger partial charge in [-0.2, -0.15) is 0 Å². The van der Waals surface area contributed by atoms with Gasteiger partial charge in [-0.05, 0) is 11.2 Å². The van der Waals surface area contributed by atoms with E-state index in [4.69, 9.17) is 0 Å². The second-order valence-electron chi connectivity index (χ2n) is 4.53. The van der Waals surface area contributed by atoms with E-state index >= 15 is 0 Å². The molecule has 1 aliphatic rings. The molecule has 1 rings (SSSR count). The third-order valence-corrected chi connectivity index (χ3v) is 4.07. The summed E-state index contributed by atoms with van der Waals surface area (Å²) >= 11 is 0. The Bertz CT molecular complexity index is 131. The highest BCUT2D eigenvalue weighted by Crippen LogP contribution is 2.54. The average Bonchev–Trinajstić information content (AvgIpc) is 2.32. The Morgan fingerprint density at radius 3 is 2.27 bits per heavy atom. The van der Waals surface area contributed by atoms with Gasteiger partial charge in [-0.25, -0.2) is 0 Å². The zero-order valence-corrected chi connectivity index (χ0v) is 8.48. The van der Waals surface area contributed by atoms with Crippen molar-refractivity contribution in [3.63, 3.8) is 0 Å². The van der Waals surface area contributed by atoms with Gasteiger partial charge in [0.2, 0.25) is 0 Å². The van der Waals surface area contributed by atoms with E-state index in [1.54, 1.807) is 0 Å². The normalized spacial score (nSPS) is 37.6. The number of rotatable bonds is 2. The lowest BCUT2D eigenvalue weighted by molar-refractivity contribution is 0.419. The van der Waals surface area contributed by atoms with Crippen molar-refractivity contribution in [2.75, 3.05) is 0 Å². The summed E-state index contributed by atoms with van der Waals surface area (Å²) in [4.78, 5) is 0. The van der Waals surface area contributed by atoms with Crippen LogP contribution in [0.15, 0.2) is 0 Å². The van der Waals surface area contributed by atoms with Crippen molar-refractivity contribution in [1.82, 2.24) is 0 Å². The SMILES string of the molecule is CCC1(B(C)C)CCCC1C. The molecule has 11 heavy (non-hydrogen) atoms. The van der Waals surface area contributed by atoms with E-state index in [-0.39, 0.29) is 0 Å². The van der Waals surface area contributed by atoms with Crippen LogP contribution in [0.25, 0.3) is 0 Å². The first-order valence-corrected chi connectivity index (χ1v) is 5.13. The molecule has 2 atom stereocenters. The molecule has 0 nitrogen and oxygen atoms in total. The Morgan fingerprint density at radius 1 is 1.45 bits per heavy atom. The first-order valence-electron chi connectivity index (χ1n) is 5.13. The molecule has 1 saturated carbocycles. The highest BCUT2D eigenvalue weighted by atomic mass is 14.4. The molecule has 0 bridgehead atoms. The zero-order valence-electron chi connectivity index (χ0n) is 8.48. The maximum Gasteiger partial charge on any atom is 0.140 e. The van der Waals surface area contributed by atoms with Crippen LogP contribution in [0.5, 0.6) is 0 Å². The molecular weight excluding hydrogens is 131 g/mol. The topological polar surface area (TPSA) is 0 Å². The van der Waals surface area contributed by atoms with Crippen molar-refractivity contribution < 1.29 is 0 Å². The van der Waals surface area contributed by atoms with Gasteiger partial charge in [0.25, 0.3) is 0 Å². The molecule has 0 aromatic heterocycles. The summed E-state index contributed by atoms with van der Waals surface area (Å²) in [6, 6.07) is 0. The Morgan fingerprint density at radius 2 is 2.09 bits per heavy atom. The van der Waals surface area contributed by atoms with Crippen molar-refractivity contribution in [1.29, 1.82) is 0 Å². The van der Waals surface area contributed by atoms with Crippen LogP contribution >= 0.6 is 0 Å². The standard InChI is InChI=1S/C10H21B/c1-5-10(11(3)4)8-6-7-9(10)2/h9H,5-8H2,1-4H3. The molecule has 1 heteroatoms. The predicted octanol–water partition coefficient (Wildman–Crippen LogP) is 3.71. The van der Waals surface area contributed by atoms with Crippen LogP contribution in [-0.4, -0.2) is 6.71 Å². The summed E-state index contributed by atoms with van der Waals surface area (Å²) in [6.07, 6.45) is 5.79. The summed E-state index contributed by atoms with van der Waals surface area (Å²) in [5, 5.41) is 0.694. The number of hydrogen-bond donors (Lipinski definition) is 0. The lowest BCUT2D eigenvalue weighted by atomic mass is 9.33. The molecule has 0 aromatic rings. The third kappa shape index (κ3) is 1.34. The van der Waals surface area contributed by atoms with Crippen LogP contribution in [0.2, 0.25) is 19.0 Å². The Kier molecular flexibility index (Phi) is 2.67. The van der Waals surface area contributed by atoms with E-state index in [1.165, 1.54) is 25.7 Å². The Balaban J connectivity index is 2.73. The zero-order chi connectivity index (χ0) is 8.48. The summed E-state index contributed by atoms with van der Waals surface area (Å²) in [5.41, 5.74) is 0. The quantitative estimate of drug-likeness (QED) is 0.529. The van der Waals surface area contributed by atoms with Gasteiger partial charge in [-0.3, -0.25) is 0 Å². The Labute approximate surface area is 71.8 Å². The van der Waals surface area contributed by atoms with Gasteiger partial charge in [0.15, 0.2) is 0 Å². The predicted molar refractivity (Wildman–Crippen MR) is 53.5 cm³/mol. The summed E-state index contributed by atoms with van der Waals surface area (Å²) < 4.78 is 0. The van der Waals surface area contributed by atoms with Crippen LogP contribution < -0.4 is 0 Å². The molecule has 0 radical (unpaired) electrons. The minimum Gasteiger partial charge on any atom is -0.0858 e. The first kappa shape index (κ1) is 9.16. The van der Waals surface area contributed by atoms with Gasteiger partial charge in [0.1, 0.15) is 6.71 Å². The largest absolute Gasteiger partial charge is 0.140 e. The first-order chi connectivity index (χ1) is 5.13. The minimum atomic E-state index is 0.694. The third-order valence-electron chi connectivity index (χ3n) is 4.07. The molecule has 0 N–H and O–H groups in total. The van der Waals surface area contributed by atoms with Crippen molar-refractivity contribution >= 4 is 6.71 Å². The Hall–Kier alpha value is 0.0649. The van der Waals surface area contributed by atoms with Crippen molar-refractivity contribution in [2.45, 2.75) is 58.5 Å². The highest BCUT2D eigenvalue weighted by molar-refractivity contribution is 6.59. The fraction of sp³-hybridized carbons (Fsp3) is 1.00. The lowest BCUT2D eigenvalue weighted by Crippen LogP contribution is -2.29. The molecule has 2 unspecified atom stereocenters. The van der Waals surface area contributed by atoms with Gasteiger partial charge in [0.05, 0.1) is 0 Å². The van der Waals surface area contributed by atoms with E-state index in [0.29, 0.717) is 5.31 Å². The lowest BCUT2D eigenvalue weighted by Gasteiger charge is -2.35. The molecule has 0 spiro atoms. The minimum absolute atomic E-state index is 0.694. The van der Waals surface area contributed by atoms with Gasteiger partial charge in [-0.1, -0.05) is 53.2 Å². The molecule has 64 valence electrons. The smallest absolute Gasteiger partial charge is 0.0858 e. The molecule has 0 amide bonds. The van der Waals surface area contributed by atoms with E-state index in [2.05, 4.69) is 27.5 Å². The molecule has 1 aliphatic carbocycles. The molecule has 1 fully saturated rings. The molecule has 0 aliphatic heterocycles. The van der Waals surface area contributed by atoms with E-state index in [1.807, 2.05) is 0 Å². The molecule has 0 saturated heterocycles. The molecular formula is C10H21B. The van der Waals surface area contributed by atoms with Crippen LogP contribution in [0.1, 0.15) is 39.5 Å². The summed E-state index contributed by atoms with van der Waals surface area (Å²) in [5.74, 6) is 0.965. The summed E-state index contributed by atoms with van der Waals surface area (Å²) in [7, 11) is 0. The monoisotopic (exact) mass is 152 g/mol. The average molecular weight is 152 g/mol. The van der Waals surface area contributed by atoms with E-state index < -0.39 is 0 Å². The fourth-order valence-corrected chi connectivity index (χ4v) is 3.06. The van der Waals surface area contributed by atoms with Gasteiger partial charge in [0, 0.05) is 0 Å². The van der Waals surface area contributed by atoms with Crippen molar-refractivity contribution in [3.05, 3.63) is 0 Å². The molecule has 0 heterocycles. The fourth-order valence-electron chi connectivity index (χ4n) is 3.06. The maximum atomic E-state index is 2.44. The van der Waals surface area contributed by atoms with Gasteiger partial charge >= 0.3 is 0 Å². The summed E-state index contributed by atoms with van der Waals surface area (Å²) in [6.45, 7) is 10.5. The van der Waals surface area contributed by atoms with Gasteiger partial charge < -0.3 is 0 Å². The van der Waals surface area contributed by atoms with Crippen molar-refractivity contribution in [3.8, 4) is 0 Å². The maximum absolute atomic E-state index is 2.44. The van der Waals surface area contributed by atoms with Crippen LogP contribution in [0.3, 0.4) is 0 Å².